The van der Waals surface area contributed by atoms with Crippen LogP contribution in [-0.2, 0) is 9.59 Å². The predicted molar refractivity (Wildman–Crippen MR) is 109 cm³/mol. The van der Waals surface area contributed by atoms with Crippen molar-refractivity contribution < 1.29 is 14.0 Å². The molecular weight excluding hydrogens is 355 g/mol. The van der Waals surface area contributed by atoms with Gasteiger partial charge in [0, 0.05) is 31.6 Å². The van der Waals surface area contributed by atoms with Crippen molar-refractivity contribution in [3.05, 3.63) is 41.2 Å². The van der Waals surface area contributed by atoms with Crippen LogP contribution in [0.1, 0.15) is 63.4 Å². The number of nitrogens with one attached hydrogen (secondary N) is 1. The number of likely N-dealkylation sites (tertiary alicyclic amines) is 1. The highest BCUT2D eigenvalue weighted by atomic mass is 19.1. The third kappa shape index (κ3) is 5.91. The van der Waals surface area contributed by atoms with E-state index in [9.17, 15) is 14.0 Å². The molecule has 4 nitrogen and oxygen atoms in total. The summed E-state index contributed by atoms with van der Waals surface area (Å²) >= 11 is 0. The number of hydrogen-bond acceptors (Lipinski definition) is 2. The smallest absolute Gasteiger partial charge is 0.226 e. The molecule has 3 rings (SSSR count). The molecule has 1 saturated heterocycles. The first-order valence-electron chi connectivity index (χ1n) is 10.5. The van der Waals surface area contributed by atoms with Crippen LogP contribution in [0.2, 0.25) is 0 Å². The molecule has 1 aromatic rings. The lowest BCUT2D eigenvalue weighted by molar-refractivity contribution is -0.132. The molecule has 1 N–H and O–H groups in total. The molecule has 1 aromatic carbocycles. The lowest BCUT2D eigenvalue weighted by atomic mass is 9.92. The molecule has 0 saturated carbocycles. The maximum Gasteiger partial charge on any atom is 0.226 e. The van der Waals surface area contributed by atoms with Crippen LogP contribution in [0.15, 0.2) is 29.8 Å². The quantitative estimate of drug-likeness (QED) is 0.701. The average Bonchev–Trinajstić information content (AvgIpc) is 2.69. The largest absolute Gasteiger partial charge is 0.342 e. The SMILES string of the molecule is Cc1cc(F)ccc1NC(=O)CC[C@H]1CCCN(C(=O)CC2=CCCCC2)C1. The van der Waals surface area contributed by atoms with E-state index in [2.05, 4.69) is 11.4 Å². The van der Waals surface area contributed by atoms with Gasteiger partial charge in [-0.25, -0.2) is 4.39 Å². The average molecular weight is 387 g/mol. The molecule has 0 aromatic heterocycles. The van der Waals surface area contributed by atoms with Gasteiger partial charge in [0.05, 0.1) is 0 Å². The van der Waals surface area contributed by atoms with Crippen LogP contribution in [0.5, 0.6) is 0 Å². The summed E-state index contributed by atoms with van der Waals surface area (Å²) in [6.45, 7) is 3.38. The summed E-state index contributed by atoms with van der Waals surface area (Å²) in [4.78, 5) is 26.9. The number of aryl methyl sites for hydroxylation is 1. The van der Waals surface area contributed by atoms with Crippen molar-refractivity contribution in [2.24, 2.45) is 5.92 Å². The van der Waals surface area contributed by atoms with E-state index in [0.29, 0.717) is 24.4 Å². The van der Waals surface area contributed by atoms with Gasteiger partial charge in [0.25, 0.3) is 0 Å². The summed E-state index contributed by atoms with van der Waals surface area (Å²) < 4.78 is 13.2. The Kier molecular flexibility index (Phi) is 7.24. The van der Waals surface area contributed by atoms with Gasteiger partial charge in [-0.05, 0) is 81.5 Å². The zero-order valence-electron chi connectivity index (χ0n) is 16.8. The highest BCUT2D eigenvalue weighted by Crippen LogP contribution is 2.25. The number of benzene rings is 1. The van der Waals surface area contributed by atoms with Crippen molar-refractivity contribution in [3.63, 3.8) is 0 Å². The monoisotopic (exact) mass is 386 g/mol. The number of anilines is 1. The van der Waals surface area contributed by atoms with Crippen LogP contribution in [0.4, 0.5) is 10.1 Å². The summed E-state index contributed by atoms with van der Waals surface area (Å²) in [5.74, 6) is 0.263. The maximum atomic E-state index is 13.2. The number of amides is 2. The number of carbonyl (C=O) groups is 2. The molecule has 1 atom stereocenters. The highest BCUT2D eigenvalue weighted by molar-refractivity contribution is 5.91. The number of halogens is 1. The Labute approximate surface area is 167 Å². The normalized spacial score (nSPS) is 19.9. The Morgan fingerprint density at radius 3 is 2.86 bits per heavy atom. The molecule has 2 amide bonds. The number of hydrogen-bond donors (Lipinski definition) is 1. The fraction of sp³-hybridized carbons (Fsp3) is 0.565. The first kappa shape index (κ1) is 20.6. The molecule has 1 fully saturated rings. The maximum absolute atomic E-state index is 13.2. The second-order valence-corrected chi connectivity index (χ2v) is 8.18. The Bertz CT molecular complexity index is 744. The van der Waals surface area contributed by atoms with Crippen LogP contribution < -0.4 is 5.32 Å². The first-order chi connectivity index (χ1) is 13.5. The summed E-state index contributed by atoms with van der Waals surface area (Å²) in [5.41, 5.74) is 2.68. The first-order valence-corrected chi connectivity index (χ1v) is 10.5. The van der Waals surface area contributed by atoms with Crippen LogP contribution >= 0.6 is 0 Å². The van der Waals surface area contributed by atoms with E-state index >= 15 is 0 Å². The zero-order chi connectivity index (χ0) is 19.9. The fourth-order valence-corrected chi connectivity index (χ4v) is 4.21. The molecule has 1 aliphatic carbocycles. The topological polar surface area (TPSA) is 49.4 Å². The molecular formula is C23H31FN2O2. The number of allylic oxidation sites excluding steroid dienone is 1. The van der Waals surface area contributed by atoms with Gasteiger partial charge in [0.1, 0.15) is 5.82 Å². The van der Waals surface area contributed by atoms with E-state index in [1.165, 1.54) is 30.5 Å². The third-order valence-electron chi connectivity index (χ3n) is 5.88. The Morgan fingerprint density at radius 1 is 1.25 bits per heavy atom. The second-order valence-electron chi connectivity index (χ2n) is 8.18. The number of piperidine rings is 1. The van der Waals surface area contributed by atoms with Crippen molar-refractivity contribution >= 4 is 17.5 Å². The van der Waals surface area contributed by atoms with E-state index in [1.54, 1.807) is 13.0 Å². The molecule has 1 heterocycles. The van der Waals surface area contributed by atoms with E-state index in [1.807, 2.05) is 4.90 Å². The van der Waals surface area contributed by atoms with Gasteiger partial charge in [-0.3, -0.25) is 9.59 Å². The van der Waals surface area contributed by atoms with Crippen molar-refractivity contribution in [1.82, 2.24) is 4.90 Å². The summed E-state index contributed by atoms with van der Waals surface area (Å²) in [6.07, 6.45) is 10.7. The lowest BCUT2D eigenvalue weighted by Gasteiger charge is -2.33. The predicted octanol–water partition coefficient (Wildman–Crippen LogP) is 4.98. The van der Waals surface area contributed by atoms with Crippen LogP contribution in [-0.4, -0.2) is 29.8 Å². The number of nitrogens with zero attached hydrogens (tertiary/aromatic N) is 1. The van der Waals surface area contributed by atoms with Crippen LogP contribution in [0.3, 0.4) is 0 Å². The van der Waals surface area contributed by atoms with Crippen molar-refractivity contribution in [1.29, 1.82) is 0 Å². The van der Waals surface area contributed by atoms with Gasteiger partial charge in [-0.2, -0.15) is 0 Å². The molecule has 2 aliphatic rings. The van der Waals surface area contributed by atoms with Crippen molar-refractivity contribution in [2.75, 3.05) is 18.4 Å². The highest BCUT2D eigenvalue weighted by Gasteiger charge is 2.24. The lowest BCUT2D eigenvalue weighted by Crippen LogP contribution is -2.40. The molecule has 0 spiro atoms. The Balaban J connectivity index is 1.44. The third-order valence-corrected chi connectivity index (χ3v) is 5.88. The Morgan fingerprint density at radius 2 is 2.11 bits per heavy atom. The minimum absolute atomic E-state index is 0.0504. The minimum atomic E-state index is -0.300. The van der Waals surface area contributed by atoms with Crippen LogP contribution in [0, 0.1) is 18.7 Å². The van der Waals surface area contributed by atoms with E-state index < -0.39 is 0 Å². The molecule has 5 heteroatoms. The van der Waals surface area contributed by atoms with Gasteiger partial charge >= 0.3 is 0 Å². The molecule has 0 unspecified atom stereocenters. The summed E-state index contributed by atoms with van der Waals surface area (Å²) in [5, 5.41) is 2.87. The standard InChI is InChI=1S/C23H31FN2O2/c1-17-14-20(24)10-11-21(17)25-22(27)12-9-19-8-5-13-26(16-19)23(28)15-18-6-3-2-4-7-18/h6,10-11,14,19H,2-5,7-9,12-13,15-16H2,1H3,(H,25,27)/t19-/m1/s1. The summed E-state index contributed by atoms with van der Waals surface area (Å²) in [6, 6.07) is 4.38. The van der Waals surface area contributed by atoms with Gasteiger partial charge in [-0.15, -0.1) is 0 Å². The van der Waals surface area contributed by atoms with Gasteiger partial charge in [0.15, 0.2) is 0 Å². The molecule has 152 valence electrons. The fourth-order valence-electron chi connectivity index (χ4n) is 4.21. The number of carbonyl (C=O) groups excluding carboxylic acids is 2. The van der Waals surface area contributed by atoms with E-state index in [4.69, 9.17) is 0 Å². The summed E-state index contributed by atoms with van der Waals surface area (Å²) in [7, 11) is 0. The van der Waals surface area contributed by atoms with Crippen LogP contribution in [0.25, 0.3) is 0 Å². The van der Waals surface area contributed by atoms with E-state index in [-0.39, 0.29) is 17.6 Å². The van der Waals surface area contributed by atoms with Gasteiger partial charge in [-0.1, -0.05) is 11.6 Å². The zero-order valence-corrected chi connectivity index (χ0v) is 16.8. The van der Waals surface area contributed by atoms with Gasteiger partial charge < -0.3 is 10.2 Å². The van der Waals surface area contributed by atoms with E-state index in [0.717, 1.165) is 50.8 Å². The Hall–Kier alpha value is -2.17. The minimum Gasteiger partial charge on any atom is -0.342 e. The molecule has 0 bridgehead atoms. The molecule has 1 aliphatic heterocycles. The van der Waals surface area contributed by atoms with Gasteiger partial charge in [0.2, 0.25) is 11.8 Å². The number of rotatable bonds is 6. The van der Waals surface area contributed by atoms with Crippen molar-refractivity contribution in [3.8, 4) is 0 Å². The molecule has 0 radical (unpaired) electrons. The second kappa shape index (κ2) is 9.85. The van der Waals surface area contributed by atoms with Crippen molar-refractivity contribution in [2.45, 2.75) is 64.7 Å². The molecule has 28 heavy (non-hydrogen) atoms.